The fourth-order valence-electron chi connectivity index (χ4n) is 3.59. The van der Waals surface area contributed by atoms with Crippen LogP contribution in [0.25, 0.3) is 22.0 Å². The molecule has 10 nitrogen and oxygen atoms in total. The highest BCUT2D eigenvalue weighted by Gasteiger charge is 2.43. The maximum atomic E-state index is 13.0. The summed E-state index contributed by atoms with van der Waals surface area (Å²) in [4.78, 5) is 29.3. The van der Waals surface area contributed by atoms with Crippen molar-refractivity contribution in [2.24, 2.45) is 0 Å². The number of benzene rings is 2. The smallest absolute Gasteiger partial charge is 0.264 e. The summed E-state index contributed by atoms with van der Waals surface area (Å²) in [5.41, 5.74) is 11.0. The summed E-state index contributed by atoms with van der Waals surface area (Å²) in [7, 11) is -2.02. The molecule has 0 saturated carbocycles. The molecule has 1 aromatic heterocycles. The molecule has 0 bridgehead atoms. The second-order valence-corrected chi connectivity index (χ2v) is 10.6. The van der Waals surface area contributed by atoms with E-state index in [1.165, 1.54) is 23.3 Å². The summed E-state index contributed by atoms with van der Waals surface area (Å²) >= 11 is 0. The number of hydrogen-bond acceptors (Lipinski definition) is 8. The van der Waals surface area contributed by atoms with Crippen molar-refractivity contribution in [2.75, 3.05) is 19.0 Å². The van der Waals surface area contributed by atoms with Crippen LogP contribution in [0.3, 0.4) is 0 Å². The SMILES string of the molecule is CNCc1ccc(-c2ccc3c(=O)n(CC[C@](C)(C(=O)NO)S(C)(=O)=O)cnc3c2)c(N)c1. The highest BCUT2D eigenvalue weighted by Crippen LogP contribution is 2.28. The molecule has 3 aromatic rings. The average molecular weight is 474 g/mol. The molecule has 3 rings (SSSR count). The molecular formula is C22H27N5O5S. The van der Waals surface area contributed by atoms with Gasteiger partial charge in [0, 0.05) is 30.6 Å². The van der Waals surface area contributed by atoms with Gasteiger partial charge in [-0.2, -0.15) is 0 Å². The van der Waals surface area contributed by atoms with E-state index in [9.17, 15) is 18.0 Å². The molecular weight excluding hydrogens is 446 g/mol. The zero-order valence-electron chi connectivity index (χ0n) is 18.6. The van der Waals surface area contributed by atoms with Crippen molar-refractivity contribution in [1.82, 2.24) is 20.3 Å². The van der Waals surface area contributed by atoms with Crippen LogP contribution in [0.4, 0.5) is 5.69 Å². The van der Waals surface area contributed by atoms with Gasteiger partial charge < -0.3 is 11.1 Å². The summed E-state index contributed by atoms with van der Waals surface area (Å²) in [5, 5.41) is 12.4. The van der Waals surface area contributed by atoms with E-state index in [-0.39, 0.29) is 18.5 Å². The van der Waals surface area contributed by atoms with Crippen molar-refractivity contribution < 1.29 is 18.4 Å². The first-order chi connectivity index (χ1) is 15.5. The molecule has 0 aliphatic heterocycles. The Kier molecular flexibility index (Phi) is 6.86. The lowest BCUT2D eigenvalue weighted by Gasteiger charge is -2.25. The number of nitrogens with two attached hydrogens (primary N) is 1. The minimum absolute atomic E-state index is 0.0829. The number of fused-ring (bicyclic) bond motifs is 1. The summed E-state index contributed by atoms with van der Waals surface area (Å²) in [6, 6.07) is 11.0. The van der Waals surface area contributed by atoms with Crippen molar-refractivity contribution in [1.29, 1.82) is 0 Å². The van der Waals surface area contributed by atoms with Gasteiger partial charge in [0.1, 0.15) is 0 Å². The molecule has 176 valence electrons. The van der Waals surface area contributed by atoms with Gasteiger partial charge in [-0.3, -0.25) is 19.4 Å². The zero-order valence-corrected chi connectivity index (χ0v) is 19.4. The van der Waals surface area contributed by atoms with E-state index in [2.05, 4.69) is 10.3 Å². The Labute approximate surface area is 191 Å². The first-order valence-electron chi connectivity index (χ1n) is 10.2. The second kappa shape index (κ2) is 9.30. The van der Waals surface area contributed by atoms with E-state index >= 15 is 0 Å². The first-order valence-corrected chi connectivity index (χ1v) is 12.1. The third-order valence-corrected chi connectivity index (χ3v) is 7.89. The van der Waals surface area contributed by atoms with Crippen molar-refractivity contribution in [3.8, 4) is 11.1 Å². The van der Waals surface area contributed by atoms with Gasteiger partial charge in [-0.05, 0) is 49.7 Å². The van der Waals surface area contributed by atoms with E-state index in [4.69, 9.17) is 10.9 Å². The fraction of sp³-hybridized carbons (Fsp3) is 0.318. The van der Waals surface area contributed by atoms with E-state index in [0.717, 1.165) is 22.9 Å². The lowest BCUT2D eigenvalue weighted by molar-refractivity contribution is -0.131. The van der Waals surface area contributed by atoms with Crippen molar-refractivity contribution in [3.05, 3.63) is 58.6 Å². The predicted octanol–water partition coefficient (Wildman–Crippen LogP) is 1.06. The Bertz CT molecular complexity index is 1370. The van der Waals surface area contributed by atoms with Crippen molar-refractivity contribution in [3.63, 3.8) is 0 Å². The molecule has 0 aliphatic carbocycles. The summed E-state index contributed by atoms with van der Waals surface area (Å²) in [6.07, 6.45) is 1.99. The van der Waals surface area contributed by atoms with Crippen LogP contribution in [0.2, 0.25) is 0 Å². The highest BCUT2D eigenvalue weighted by molar-refractivity contribution is 7.92. The second-order valence-electron chi connectivity index (χ2n) is 8.12. The number of amides is 1. The topological polar surface area (TPSA) is 156 Å². The number of sulfone groups is 1. The third kappa shape index (κ3) is 4.75. The van der Waals surface area contributed by atoms with Crippen LogP contribution in [0.5, 0.6) is 0 Å². The number of nitrogens with one attached hydrogen (secondary N) is 2. The number of hydrogen-bond donors (Lipinski definition) is 4. The van der Waals surface area contributed by atoms with Crippen LogP contribution in [0.15, 0.2) is 47.5 Å². The minimum Gasteiger partial charge on any atom is -0.398 e. The van der Waals surface area contributed by atoms with Gasteiger partial charge in [0.25, 0.3) is 11.5 Å². The number of carbonyl (C=O) groups is 1. The highest BCUT2D eigenvalue weighted by atomic mass is 32.2. The molecule has 0 radical (unpaired) electrons. The zero-order chi connectivity index (χ0) is 24.4. The van der Waals surface area contributed by atoms with Crippen LogP contribution in [0, 0.1) is 0 Å². The van der Waals surface area contributed by atoms with E-state index in [1.807, 2.05) is 25.2 Å². The van der Waals surface area contributed by atoms with Crippen LogP contribution < -0.4 is 22.1 Å². The maximum Gasteiger partial charge on any atom is 0.264 e. The minimum atomic E-state index is -3.87. The number of aryl methyl sites for hydroxylation is 1. The van der Waals surface area contributed by atoms with Crippen LogP contribution in [-0.2, 0) is 27.7 Å². The van der Waals surface area contributed by atoms with Gasteiger partial charge >= 0.3 is 0 Å². The normalized spacial score (nSPS) is 13.6. The molecule has 0 fully saturated rings. The van der Waals surface area contributed by atoms with Gasteiger partial charge in [0.15, 0.2) is 14.6 Å². The van der Waals surface area contributed by atoms with Gasteiger partial charge in [-0.25, -0.2) is 18.9 Å². The molecule has 5 N–H and O–H groups in total. The molecule has 1 amide bonds. The number of nitrogen functional groups attached to an aromatic ring is 1. The van der Waals surface area contributed by atoms with Gasteiger partial charge in [-0.15, -0.1) is 0 Å². The van der Waals surface area contributed by atoms with Crippen LogP contribution in [-0.4, -0.2) is 47.1 Å². The standard InChI is InChI=1S/C22H27N5O5S/c1-22(21(29)26-30,33(3,31)32)8-9-27-13-25-19-11-15(5-7-17(19)20(27)28)16-6-4-14(12-24-2)10-18(16)23/h4-7,10-11,13,24,30H,8-9,12,23H2,1-3H3,(H,26,29)/t22-/m1/s1. The summed E-state index contributed by atoms with van der Waals surface area (Å²) in [6.45, 7) is 1.81. The lowest BCUT2D eigenvalue weighted by atomic mass is 10.0. The molecule has 0 saturated heterocycles. The Morgan fingerprint density at radius 2 is 1.97 bits per heavy atom. The molecule has 0 aliphatic rings. The molecule has 1 heterocycles. The molecule has 33 heavy (non-hydrogen) atoms. The maximum absolute atomic E-state index is 13.0. The average Bonchev–Trinajstić information content (AvgIpc) is 2.77. The number of anilines is 1. The number of nitrogens with zero attached hydrogens (tertiary/aromatic N) is 2. The molecule has 0 unspecified atom stereocenters. The number of aromatic nitrogens is 2. The molecule has 1 atom stereocenters. The number of hydroxylamine groups is 1. The van der Waals surface area contributed by atoms with Gasteiger partial charge in [0.2, 0.25) is 0 Å². The predicted molar refractivity (Wildman–Crippen MR) is 126 cm³/mol. The summed E-state index contributed by atoms with van der Waals surface area (Å²) < 4.78 is 23.6. The fourth-order valence-corrected chi connectivity index (χ4v) is 4.44. The van der Waals surface area contributed by atoms with Crippen molar-refractivity contribution >= 4 is 32.3 Å². The quantitative estimate of drug-likeness (QED) is 0.215. The van der Waals surface area contributed by atoms with Crippen LogP contribution >= 0.6 is 0 Å². The Balaban J connectivity index is 1.94. The third-order valence-electron chi connectivity index (χ3n) is 5.86. The van der Waals surface area contributed by atoms with E-state index in [1.54, 1.807) is 18.2 Å². The molecule has 11 heteroatoms. The molecule has 0 spiro atoms. The van der Waals surface area contributed by atoms with Crippen molar-refractivity contribution in [2.45, 2.75) is 31.2 Å². The number of carbonyl (C=O) groups excluding carboxylic acids is 1. The van der Waals surface area contributed by atoms with Crippen LogP contribution in [0.1, 0.15) is 18.9 Å². The lowest BCUT2D eigenvalue weighted by Crippen LogP contribution is -2.50. The van der Waals surface area contributed by atoms with E-state index < -0.39 is 20.5 Å². The van der Waals surface area contributed by atoms with Gasteiger partial charge in [0.05, 0.1) is 17.2 Å². The largest absolute Gasteiger partial charge is 0.398 e. The molecule has 2 aromatic carbocycles. The Morgan fingerprint density at radius 3 is 2.58 bits per heavy atom. The Hall–Kier alpha value is -3.28. The summed E-state index contributed by atoms with van der Waals surface area (Å²) in [5.74, 6) is -1.06. The first kappa shape index (κ1) is 24.4. The van der Waals surface area contributed by atoms with E-state index in [0.29, 0.717) is 23.1 Å². The Morgan fingerprint density at radius 1 is 1.24 bits per heavy atom. The number of rotatable bonds is 8. The van der Waals surface area contributed by atoms with Gasteiger partial charge in [-0.1, -0.05) is 18.2 Å². The monoisotopic (exact) mass is 473 g/mol.